The number of halogens is 1. The van der Waals surface area contributed by atoms with Gasteiger partial charge in [-0.3, -0.25) is 0 Å². The number of benzene rings is 2. The van der Waals surface area contributed by atoms with Crippen molar-refractivity contribution < 1.29 is 13.9 Å². The van der Waals surface area contributed by atoms with Crippen molar-refractivity contribution in [3.05, 3.63) is 71.3 Å². The van der Waals surface area contributed by atoms with Gasteiger partial charge in [0.2, 0.25) is 0 Å². The molecule has 20 heavy (non-hydrogen) atoms. The standard InChI is InChI=1S/C17H15FO2/c18-15-10-11-16(14-9-5-4-8-13(14)15)20-17(19)12-6-2-1-3-7-12/h1-9,15-16H,10-11H2. The maximum absolute atomic E-state index is 13.9. The maximum Gasteiger partial charge on any atom is 0.338 e. The Balaban J connectivity index is 1.82. The van der Waals surface area contributed by atoms with Gasteiger partial charge in [0.1, 0.15) is 12.3 Å². The fourth-order valence-electron chi connectivity index (χ4n) is 2.59. The van der Waals surface area contributed by atoms with Crippen LogP contribution in [0.5, 0.6) is 0 Å². The molecular formula is C17H15FO2. The van der Waals surface area contributed by atoms with Crippen LogP contribution >= 0.6 is 0 Å². The zero-order valence-corrected chi connectivity index (χ0v) is 11.0. The highest BCUT2D eigenvalue weighted by Crippen LogP contribution is 2.40. The van der Waals surface area contributed by atoms with E-state index in [-0.39, 0.29) is 12.1 Å². The smallest absolute Gasteiger partial charge is 0.338 e. The van der Waals surface area contributed by atoms with Crippen molar-refractivity contribution in [1.29, 1.82) is 0 Å². The highest BCUT2D eigenvalue weighted by Gasteiger charge is 2.29. The normalized spacial score (nSPS) is 21.1. The molecule has 102 valence electrons. The van der Waals surface area contributed by atoms with Crippen LogP contribution in [0, 0.1) is 0 Å². The van der Waals surface area contributed by atoms with Gasteiger partial charge in [-0.15, -0.1) is 0 Å². The van der Waals surface area contributed by atoms with Crippen LogP contribution in [0.3, 0.4) is 0 Å². The Hall–Kier alpha value is -2.16. The maximum atomic E-state index is 13.9. The first-order valence-corrected chi connectivity index (χ1v) is 6.74. The van der Waals surface area contributed by atoms with Crippen molar-refractivity contribution in [2.45, 2.75) is 25.1 Å². The van der Waals surface area contributed by atoms with Crippen molar-refractivity contribution >= 4 is 5.97 Å². The van der Waals surface area contributed by atoms with Gasteiger partial charge in [-0.1, -0.05) is 42.5 Å². The first-order chi connectivity index (χ1) is 9.75. The second-order valence-electron chi connectivity index (χ2n) is 4.93. The minimum Gasteiger partial charge on any atom is -0.454 e. The van der Waals surface area contributed by atoms with E-state index in [2.05, 4.69) is 0 Å². The first-order valence-electron chi connectivity index (χ1n) is 6.74. The number of hydrogen-bond donors (Lipinski definition) is 0. The summed E-state index contributed by atoms with van der Waals surface area (Å²) in [7, 11) is 0. The number of alkyl halides is 1. The Labute approximate surface area is 117 Å². The predicted molar refractivity (Wildman–Crippen MR) is 74.1 cm³/mol. The molecule has 2 aromatic rings. The largest absolute Gasteiger partial charge is 0.454 e. The third kappa shape index (κ3) is 2.44. The van der Waals surface area contributed by atoms with Gasteiger partial charge in [-0.05, 0) is 36.1 Å². The molecule has 0 bridgehead atoms. The highest BCUT2D eigenvalue weighted by molar-refractivity contribution is 5.89. The molecular weight excluding hydrogens is 255 g/mol. The lowest BCUT2D eigenvalue weighted by molar-refractivity contribution is 0.0220. The fraction of sp³-hybridized carbons (Fsp3) is 0.235. The summed E-state index contributed by atoms with van der Waals surface area (Å²) in [6.07, 6.45) is -0.399. The molecule has 2 unspecified atom stereocenters. The quantitative estimate of drug-likeness (QED) is 0.756. The summed E-state index contributed by atoms with van der Waals surface area (Å²) in [5, 5.41) is 0. The van der Waals surface area contributed by atoms with E-state index >= 15 is 0 Å². The lowest BCUT2D eigenvalue weighted by atomic mass is 9.88. The van der Waals surface area contributed by atoms with E-state index in [1.165, 1.54) is 0 Å². The van der Waals surface area contributed by atoms with E-state index in [4.69, 9.17) is 4.74 Å². The summed E-state index contributed by atoms with van der Waals surface area (Å²) in [6, 6.07) is 16.1. The molecule has 1 aliphatic rings. The summed E-state index contributed by atoms with van der Waals surface area (Å²) >= 11 is 0. The molecule has 0 aliphatic heterocycles. The predicted octanol–water partition coefficient (Wildman–Crippen LogP) is 4.39. The summed E-state index contributed by atoms with van der Waals surface area (Å²) in [5.74, 6) is -0.359. The minimum absolute atomic E-state index is 0.356. The second kappa shape index (κ2) is 5.45. The fourth-order valence-corrected chi connectivity index (χ4v) is 2.59. The molecule has 1 aliphatic carbocycles. The number of ether oxygens (including phenoxy) is 1. The minimum atomic E-state index is -0.960. The van der Waals surface area contributed by atoms with Crippen LogP contribution in [0.1, 0.15) is 46.6 Å². The number of rotatable bonds is 2. The molecule has 2 atom stereocenters. The van der Waals surface area contributed by atoms with Crippen LogP contribution in [0.15, 0.2) is 54.6 Å². The number of esters is 1. The Kier molecular flexibility index (Phi) is 3.50. The average Bonchev–Trinajstić information content (AvgIpc) is 2.51. The molecule has 0 fully saturated rings. The van der Waals surface area contributed by atoms with Gasteiger partial charge in [0.05, 0.1) is 5.56 Å². The summed E-state index contributed by atoms with van der Waals surface area (Å²) in [6.45, 7) is 0. The Bertz CT molecular complexity index is 609. The molecule has 0 saturated heterocycles. The van der Waals surface area contributed by atoms with Gasteiger partial charge in [0.25, 0.3) is 0 Å². The third-order valence-corrected chi connectivity index (χ3v) is 3.62. The van der Waals surface area contributed by atoms with Crippen molar-refractivity contribution in [3.63, 3.8) is 0 Å². The van der Waals surface area contributed by atoms with Gasteiger partial charge in [-0.25, -0.2) is 9.18 Å². The van der Waals surface area contributed by atoms with Gasteiger partial charge in [0.15, 0.2) is 0 Å². The van der Waals surface area contributed by atoms with Crippen molar-refractivity contribution in [2.24, 2.45) is 0 Å². The molecule has 0 radical (unpaired) electrons. The van der Waals surface area contributed by atoms with Crippen LogP contribution in [-0.4, -0.2) is 5.97 Å². The molecule has 0 spiro atoms. The van der Waals surface area contributed by atoms with E-state index in [0.717, 1.165) is 5.56 Å². The molecule has 0 heterocycles. The van der Waals surface area contributed by atoms with Gasteiger partial charge < -0.3 is 4.74 Å². The van der Waals surface area contributed by atoms with E-state index in [1.54, 1.807) is 30.3 Å². The molecule has 0 aromatic heterocycles. The van der Waals surface area contributed by atoms with Gasteiger partial charge >= 0.3 is 5.97 Å². The SMILES string of the molecule is O=C(OC1CCC(F)c2ccccc21)c1ccccc1. The average molecular weight is 270 g/mol. The Morgan fingerprint density at radius 3 is 2.35 bits per heavy atom. The number of fused-ring (bicyclic) bond motifs is 1. The van der Waals surface area contributed by atoms with Crippen molar-refractivity contribution in [2.75, 3.05) is 0 Å². The molecule has 3 heteroatoms. The third-order valence-electron chi connectivity index (χ3n) is 3.62. The van der Waals surface area contributed by atoms with Gasteiger partial charge in [-0.2, -0.15) is 0 Å². The zero-order valence-electron chi connectivity index (χ0n) is 11.0. The lowest BCUT2D eigenvalue weighted by Crippen LogP contribution is -2.18. The number of carbonyl (C=O) groups excluding carboxylic acids is 1. The number of carbonyl (C=O) groups is 1. The van der Waals surface area contributed by atoms with E-state index < -0.39 is 6.17 Å². The van der Waals surface area contributed by atoms with E-state index in [0.29, 0.717) is 24.0 Å². The lowest BCUT2D eigenvalue weighted by Gasteiger charge is -2.27. The summed E-state index contributed by atoms with van der Waals surface area (Å²) in [5.41, 5.74) is 1.95. The highest BCUT2D eigenvalue weighted by atomic mass is 19.1. The molecule has 3 rings (SSSR count). The Morgan fingerprint density at radius 1 is 0.950 bits per heavy atom. The monoisotopic (exact) mass is 270 g/mol. The summed E-state index contributed by atoms with van der Waals surface area (Å²) in [4.78, 5) is 12.1. The van der Waals surface area contributed by atoms with Crippen LogP contribution in [0.4, 0.5) is 4.39 Å². The Morgan fingerprint density at radius 2 is 1.60 bits per heavy atom. The van der Waals surface area contributed by atoms with Crippen LogP contribution in [0.25, 0.3) is 0 Å². The van der Waals surface area contributed by atoms with Gasteiger partial charge in [0, 0.05) is 0 Å². The van der Waals surface area contributed by atoms with Crippen LogP contribution in [0.2, 0.25) is 0 Å². The van der Waals surface area contributed by atoms with E-state index in [9.17, 15) is 9.18 Å². The second-order valence-corrected chi connectivity index (χ2v) is 4.93. The molecule has 2 aromatic carbocycles. The zero-order chi connectivity index (χ0) is 13.9. The topological polar surface area (TPSA) is 26.3 Å². The molecule has 0 N–H and O–H groups in total. The van der Waals surface area contributed by atoms with Crippen molar-refractivity contribution in [3.8, 4) is 0 Å². The molecule has 2 nitrogen and oxygen atoms in total. The molecule has 0 saturated carbocycles. The summed E-state index contributed by atoms with van der Waals surface area (Å²) < 4.78 is 19.4. The van der Waals surface area contributed by atoms with Crippen LogP contribution < -0.4 is 0 Å². The van der Waals surface area contributed by atoms with E-state index in [1.807, 2.05) is 24.3 Å². The van der Waals surface area contributed by atoms with Crippen LogP contribution in [-0.2, 0) is 4.74 Å². The first kappa shape index (κ1) is 12.9. The van der Waals surface area contributed by atoms with Crippen molar-refractivity contribution in [1.82, 2.24) is 0 Å². The molecule has 0 amide bonds. The number of hydrogen-bond acceptors (Lipinski definition) is 2.